The van der Waals surface area contributed by atoms with E-state index in [0.29, 0.717) is 16.9 Å². The Kier molecular flexibility index (Phi) is 7.26. The zero-order valence-corrected chi connectivity index (χ0v) is 16.9. The van der Waals surface area contributed by atoms with Crippen LogP contribution in [0.25, 0.3) is 0 Å². The van der Waals surface area contributed by atoms with Crippen LogP contribution in [0.4, 0.5) is 21.9 Å². The maximum Gasteiger partial charge on any atom is 0.337 e. The van der Waals surface area contributed by atoms with Gasteiger partial charge in [0.05, 0.1) is 24.0 Å². The number of ether oxygens (including phenoxy) is 1. The van der Waals surface area contributed by atoms with Crippen molar-refractivity contribution in [3.05, 3.63) is 54.1 Å². The molecule has 2 aromatic rings. The zero-order chi connectivity index (χ0) is 21.3. The third-order valence-corrected chi connectivity index (χ3v) is 4.81. The molecule has 0 aliphatic carbocycles. The molecule has 1 saturated heterocycles. The van der Waals surface area contributed by atoms with Gasteiger partial charge in [-0.05, 0) is 43.2 Å². The van der Waals surface area contributed by atoms with Crippen LogP contribution in [0.15, 0.2) is 48.5 Å². The number of hydrogen-bond acceptors (Lipinski definition) is 5. The minimum absolute atomic E-state index is 0.101. The molecule has 0 saturated carbocycles. The van der Waals surface area contributed by atoms with Crippen LogP contribution < -0.4 is 20.9 Å². The van der Waals surface area contributed by atoms with Crippen LogP contribution in [-0.2, 0) is 9.53 Å². The fourth-order valence-electron chi connectivity index (χ4n) is 3.31. The van der Waals surface area contributed by atoms with Crippen molar-refractivity contribution < 1.29 is 19.1 Å². The van der Waals surface area contributed by atoms with Gasteiger partial charge < -0.3 is 25.6 Å². The van der Waals surface area contributed by atoms with E-state index >= 15 is 0 Å². The maximum atomic E-state index is 12.5. The Bertz CT molecular complexity index is 895. The molecule has 1 heterocycles. The van der Waals surface area contributed by atoms with Gasteiger partial charge in [0.1, 0.15) is 0 Å². The molecular formula is C22H26N4O4. The standard InChI is InChI=1S/C22H26N4O4/c1-30-21(28)16-9-10-19(26-13-5-6-14-26)18(15-16)25-20(27)11-12-23-22(29)24-17-7-3-2-4-8-17/h2-4,7-10,15H,5-6,11-14H2,1H3,(H,25,27)(H2,23,24,29). The van der Waals surface area contributed by atoms with E-state index in [-0.39, 0.29) is 24.9 Å². The van der Waals surface area contributed by atoms with E-state index in [4.69, 9.17) is 4.74 Å². The largest absolute Gasteiger partial charge is 0.465 e. The fourth-order valence-corrected chi connectivity index (χ4v) is 3.31. The predicted molar refractivity (Wildman–Crippen MR) is 116 cm³/mol. The number of urea groups is 1. The van der Waals surface area contributed by atoms with Crippen molar-refractivity contribution in [1.82, 2.24) is 5.32 Å². The molecule has 0 unspecified atom stereocenters. The van der Waals surface area contributed by atoms with Gasteiger partial charge in [-0.3, -0.25) is 4.79 Å². The Morgan fingerprint density at radius 2 is 1.73 bits per heavy atom. The minimum atomic E-state index is -0.460. The van der Waals surface area contributed by atoms with E-state index < -0.39 is 5.97 Å². The molecule has 0 aromatic heterocycles. The lowest BCUT2D eigenvalue weighted by molar-refractivity contribution is -0.116. The number of benzene rings is 2. The van der Waals surface area contributed by atoms with E-state index in [1.165, 1.54) is 7.11 Å². The summed E-state index contributed by atoms with van der Waals surface area (Å²) in [5.41, 5.74) is 2.49. The summed E-state index contributed by atoms with van der Waals surface area (Å²) in [5.74, 6) is -0.713. The molecule has 0 spiro atoms. The first kappa shape index (κ1) is 21.2. The predicted octanol–water partition coefficient (Wildman–Crippen LogP) is 3.22. The molecule has 1 aliphatic heterocycles. The number of esters is 1. The molecule has 3 N–H and O–H groups in total. The molecule has 3 rings (SSSR count). The van der Waals surface area contributed by atoms with Gasteiger partial charge in [0, 0.05) is 31.7 Å². The number of anilines is 3. The Balaban J connectivity index is 1.57. The van der Waals surface area contributed by atoms with Gasteiger partial charge in [-0.1, -0.05) is 18.2 Å². The normalized spacial score (nSPS) is 12.9. The summed E-state index contributed by atoms with van der Waals surface area (Å²) in [6.07, 6.45) is 2.28. The SMILES string of the molecule is COC(=O)c1ccc(N2CCCC2)c(NC(=O)CCNC(=O)Nc2ccccc2)c1. The number of para-hydroxylation sites is 1. The average Bonchev–Trinajstić information content (AvgIpc) is 3.28. The summed E-state index contributed by atoms with van der Waals surface area (Å²) >= 11 is 0. The molecule has 0 bridgehead atoms. The van der Waals surface area contributed by atoms with Gasteiger partial charge in [0.25, 0.3) is 0 Å². The van der Waals surface area contributed by atoms with Crippen LogP contribution in [0.5, 0.6) is 0 Å². The molecule has 1 fully saturated rings. The first-order chi connectivity index (χ1) is 14.6. The van der Waals surface area contributed by atoms with E-state index in [1.54, 1.807) is 24.3 Å². The van der Waals surface area contributed by atoms with Crippen LogP contribution in [-0.4, -0.2) is 44.7 Å². The summed E-state index contributed by atoms with van der Waals surface area (Å²) in [6, 6.07) is 13.8. The lowest BCUT2D eigenvalue weighted by atomic mass is 10.1. The number of hydrogen-bond donors (Lipinski definition) is 3. The molecule has 158 valence electrons. The van der Waals surface area contributed by atoms with Crippen LogP contribution in [0.3, 0.4) is 0 Å². The van der Waals surface area contributed by atoms with Crippen molar-refractivity contribution in [2.24, 2.45) is 0 Å². The van der Waals surface area contributed by atoms with Gasteiger partial charge in [-0.25, -0.2) is 9.59 Å². The molecular weight excluding hydrogens is 384 g/mol. The van der Waals surface area contributed by atoms with Crippen molar-refractivity contribution in [2.45, 2.75) is 19.3 Å². The van der Waals surface area contributed by atoms with Crippen LogP contribution in [0.1, 0.15) is 29.6 Å². The molecule has 1 aliphatic rings. The number of carbonyl (C=O) groups excluding carboxylic acids is 3. The summed E-state index contributed by atoms with van der Waals surface area (Å²) < 4.78 is 4.78. The highest BCUT2D eigenvalue weighted by Crippen LogP contribution is 2.30. The van der Waals surface area contributed by atoms with Gasteiger partial charge in [-0.2, -0.15) is 0 Å². The summed E-state index contributed by atoms with van der Waals surface area (Å²) in [5, 5.41) is 8.23. The second-order valence-electron chi connectivity index (χ2n) is 6.96. The lowest BCUT2D eigenvalue weighted by Gasteiger charge is -2.22. The lowest BCUT2D eigenvalue weighted by Crippen LogP contribution is -2.31. The van der Waals surface area contributed by atoms with Gasteiger partial charge in [-0.15, -0.1) is 0 Å². The molecule has 30 heavy (non-hydrogen) atoms. The third-order valence-electron chi connectivity index (χ3n) is 4.81. The Hall–Kier alpha value is -3.55. The zero-order valence-electron chi connectivity index (χ0n) is 16.9. The summed E-state index contributed by atoms with van der Waals surface area (Å²) in [4.78, 5) is 38.4. The number of rotatable bonds is 7. The van der Waals surface area contributed by atoms with E-state index in [9.17, 15) is 14.4 Å². The van der Waals surface area contributed by atoms with Gasteiger partial charge in [0.15, 0.2) is 0 Å². The van der Waals surface area contributed by atoms with Crippen molar-refractivity contribution >= 4 is 35.0 Å². The smallest absolute Gasteiger partial charge is 0.337 e. The molecule has 8 heteroatoms. The van der Waals surface area contributed by atoms with Crippen LogP contribution >= 0.6 is 0 Å². The molecule has 0 radical (unpaired) electrons. The molecule has 2 aromatic carbocycles. The Labute approximate surface area is 175 Å². The first-order valence-corrected chi connectivity index (χ1v) is 9.94. The summed E-state index contributed by atoms with van der Waals surface area (Å²) in [6.45, 7) is 1.99. The fraction of sp³-hybridized carbons (Fsp3) is 0.318. The van der Waals surface area contributed by atoms with Crippen molar-refractivity contribution in [3.8, 4) is 0 Å². The first-order valence-electron chi connectivity index (χ1n) is 9.94. The highest BCUT2D eigenvalue weighted by Gasteiger charge is 2.19. The third kappa shape index (κ3) is 5.73. The summed E-state index contributed by atoms with van der Waals surface area (Å²) in [7, 11) is 1.32. The second-order valence-corrected chi connectivity index (χ2v) is 6.96. The van der Waals surface area contributed by atoms with Crippen LogP contribution in [0.2, 0.25) is 0 Å². The van der Waals surface area contributed by atoms with Crippen molar-refractivity contribution in [3.63, 3.8) is 0 Å². The van der Waals surface area contributed by atoms with Crippen molar-refractivity contribution in [2.75, 3.05) is 42.3 Å². The van der Waals surface area contributed by atoms with E-state index in [0.717, 1.165) is 31.6 Å². The average molecular weight is 410 g/mol. The monoisotopic (exact) mass is 410 g/mol. The van der Waals surface area contributed by atoms with Crippen molar-refractivity contribution in [1.29, 1.82) is 0 Å². The Morgan fingerprint density at radius 3 is 2.43 bits per heavy atom. The highest BCUT2D eigenvalue weighted by molar-refractivity contribution is 5.98. The quantitative estimate of drug-likeness (QED) is 0.609. The number of nitrogens with one attached hydrogen (secondary N) is 3. The number of methoxy groups -OCH3 is 1. The highest BCUT2D eigenvalue weighted by atomic mass is 16.5. The topological polar surface area (TPSA) is 99.8 Å². The second kappa shape index (κ2) is 10.3. The molecule has 8 nitrogen and oxygen atoms in total. The maximum absolute atomic E-state index is 12.5. The number of nitrogens with zero attached hydrogens (tertiary/aromatic N) is 1. The van der Waals surface area contributed by atoms with Gasteiger partial charge in [0.2, 0.25) is 5.91 Å². The molecule has 3 amide bonds. The van der Waals surface area contributed by atoms with Crippen LogP contribution in [0, 0.1) is 0 Å². The number of amides is 3. The van der Waals surface area contributed by atoms with E-state index in [1.807, 2.05) is 24.3 Å². The minimum Gasteiger partial charge on any atom is -0.465 e. The van der Waals surface area contributed by atoms with E-state index in [2.05, 4.69) is 20.9 Å². The molecule has 0 atom stereocenters. The van der Waals surface area contributed by atoms with Gasteiger partial charge >= 0.3 is 12.0 Å². The Morgan fingerprint density at radius 1 is 1.00 bits per heavy atom. The number of carbonyl (C=O) groups is 3.